The number of aryl methyl sites for hydroxylation is 2. The predicted octanol–water partition coefficient (Wildman–Crippen LogP) is 9.85. The van der Waals surface area contributed by atoms with Gasteiger partial charge in [-0.15, -0.1) is 0 Å². The van der Waals surface area contributed by atoms with Crippen molar-refractivity contribution in [1.29, 1.82) is 0 Å². The van der Waals surface area contributed by atoms with Crippen molar-refractivity contribution in [3.8, 4) is 0 Å². The lowest BCUT2D eigenvalue weighted by molar-refractivity contribution is -0.697. The average Bonchev–Trinajstić information content (AvgIpc) is 3.26. The molecule has 12 nitrogen and oxygen atoms in total. The van der Waals surface area contributed by atoms with Crippen molar-refractivity contribution in [2.75, 3.05) is 24.6 Å². The number of aromatic nitrogens is 2. The van der Waals surface area contributed by atoms with Crippen LogP contribution in [0.25, 0.3) is 0 Å². The Morgan fingerprint density at radius 3 is 1.18 bits per heavy atom. The Balaban J connectivity index is 2.02. The molecule has 0 aliphatic carbocycles. The average molecular weight is 943 g/mol. The first kappa shape index (κ1) is 57.1. The van der Waals surface area contributed by atoms with Gasteiger partial charge in [0.25, 0.3) is 20.2 Å². The summed E-state index contributed by atoms with van der Waals surface area (Å²) in [6.45, 7) is 7.33. The Bertz CT molecular complexity index is 1930. The lowest BCUT2D eigenvalue weighted by atomic mass is 10.1. The monoisotopic (exact) mass is 943 g/mol. The number of unbranched alkanes of at least 4 members (excludes halogenated alkanes) is 16. The second-order valence-electron chi connectivity index (χ2n) is 17.1. The summed E-state index contributed by atoms with van der Waals surface area (Å²) in [5.74, 6) is -0.736. The molecule has 2 amide bonds. The molecule has 0 unspecified atom stereocenters. The SMILES string of the molecule is CCCCCCCC/C=C/C=C/C(=O)N(CCCCCCN(Cc1cc[n+](CCCS(=O)(=O)O)cc1)C(=O)/C=C/C=C/CCCCCCCCC)Cc1cc[n+](CCCS(=O)(=O)O)cc1. The molecule has 0 aromatic carbocycles. The van der Waals surface area contributed by atoms with E-state index in [0.29, 0.717) is 52.1 Å². The number of hydrogen-bond donors (Lipinski definition) is 2. The zero-order chi connectivity index (χ0) is 47.4. The molecule has 0 aliphatic rings. The van der Waals surface area contributed by atoms with E-state index >= 15 is 0 Å². The molecule has 0 saturated carbocycles. The lowest BCUT2D eigenvalue weighted by Gasteiger charge is -2.22. The Labute approximate surface area is 393 Å². The number of carbonyl (C=O) groups excluding carboxylic acids is 2. The largest absolute Gasteiger partial charge is 0.335 e. The molecule has 14 heteroatoms. The van der Waals surface area contributed by atoms with E-state index in [4.69, 9.17) is 9.11 Å². The zero-order valence-electron chi connectivity index (χ0n) is 39.7. The van der Waals surface area contributed by atoms with Gasteiger partial charge in [0, 0.05) is 75.4 Å². The summed E-state index contributed by atoms with van der Waals surface area (Å²) in [5.41, 5.74) is 1.91. The van der Waals surface area contributed by atoms with Crippen LogP contribution >= 0.6 is 0 Å². The molecule has 0 aliphatic heterocycles. The molecule has 2 N–H and O–H groups in total. The highest BCUT2D eigenvalue weighted by Gasteiger charge is 2.15. The van der Waals surface area contributed by atoms with Crippen molar-refractivity contribution < 1.29 is 44.7 Å². The van der Waals surface area contributed by atoms with Gasteiger partial charge < -0.3 is 9.80 Å². The first-order valence-corrected chi connectivity index (χ1v) is 27.6. The van der Waals surface area contributed by atoms with Gasteiger partial charge >= 0.3 is 0 Å². The smallest absolute Gasteiger partial charge is 0.265 e. The van der Waals surface area contributed by atoms with E-state index < -0.39 is 20.2 Å². The highest BCUT2D eigenvalue weighted by atomic mass is 32.2. The van der Waals surface area contributed by atoms with Crippen molar-refractivity contribution >= 4 is 32.1 Å². The summed E-state index contributed by atoms with van der Waals surface area (Å²) in [7, 11) is -8.02. The summed E-state index contributed by atoms with van der Waals surface area (Å²) in [6.07, 6.45) is 44.7. The van der Waals surface area contributed by atoms with Crippen LogP contribution in [0, 0.1) is 0 Å². The van der Waals surface area contributed by atoms with E-state index in [1.807, 2.05) is 92.3 Å². The fraction of sp³-hybridized carbons (Fsp3) is 0.608. The maximum absolute atomic E-state index is 13.5. The Morgan fingerprint density at radius 1 is 0.492 bits per heavy atom. The maximum Gasteiger partial charge on any atom is 0.265 e. The molecule has 2 rings (SSSR count). The number of rotatable bonds is 38. The van der Waals surface area contributed by atoms with Gasteiger partial charge in [0.2, 0.25) is 11.8 Å². The van der Waals surface area contributed by atoms with Crippen LogP contribution in [-0.2, 0) is 56.0 Å². The highest BCUT2D eigenvalue weighted by Crippen LogP contribution is 2.13. The Morgan fingerprint density at radius 2 is 0.831 bits per heavy atom. The second-order valence-corrected chi connectivity index (χ2v) is 20.3. The van der Waals surface area contributed by atoms with Gasteiger partial charge in [0.15, 0.2) is 24.8 Å². The van der Waals surface area contributed by atoms with E-state index in [1.165, 1.54) is 70.6 Å². The van der Waals surface area contributed by atoms with Gasteiger partial charge in [0.05, 0.1) is 11.5 Å². The summed E-state index contributed by atoms with van der Waals surface area (Å²) >= 11 is 0. The van der Waals surface area contributed by atoms with Crippen LogP contribution in [0.3, 0.4) is 0 Å². The molecule has 0 radical (unpaired) electrons. The van der Waals surface area contributed by atoms with Crippen LogP contribution < -0.4 is 9.13 Å². The summed E-state index contributed by atoms with van der Waals surface area (Å²) in [4.78, 5) is 30.7. The van der Waals surface area contributed by atoms with Crippen LogP contribution in [0.4, 0.5) is 0 Å². The summed E-state index contributed by atoms with van der Waals surface area (Å²) in [5, 5.41) is 0. The zero-order valence-corrected chi connectivity index (χ0v) is 41.3. The van der Waals surface area contributed by atoms with Crippen molar-refractivity contribution in [2.24, 2.45) is 0 Å². The fourth-order valence-corrected chi connectivity index (χ4v) is 8.36. The molecular formula is C51H82N4O8S2+2. The minimum Gasteiger partial charge on any atom is -0.335 e. The van der Waals surface area contributed by atoms with Crippen LogP contribution in [-0.4, -0.2) is 72.2 Å². The van der Waals surface area contributed by atoms with Gasteiger partial charge in [-0.1, -0.05) is 134 Å². The van der Waals surface area contributed by atoms with Crippen molar-refractivity contribution in [2.45, 2.75) is 175 Å². The van der Waals surface area contributed by atoms with E-state index in [2.05, 4.69) is 26.0 Å². The third kappa shape index (κ3) is 31.6. The molecule has 2 heterocycles. The van der Waals surface area contributed by atoms with E-state index in [0.717, 1.165) is 62.5 Å². The number of hydrogen-bond acceptors (Lipinski definition) is 6. The molecule has 0 bridgehead atoms. The van der Waals surface area contributed by atoms with Crippen LogP contribution in [0.15, 0.2) is 97.7 Å². The standard InChI is InChI=1S/C51H80N4O8S2/c1-3-5-7-9-11-13-15-17-19-21-25-31-51(57)55(47-49-34-42-53(43-35-49)37-29-45-65(61,62)63)39-27-23-22-26-38-54(50(56)30-24-20-18-16-14-12-10-8-6-4-2)46-48-32-40-52(41-33-48)36-28-44-64(58,59)60/h18-21,24-25,30-35,40-43H,3-17,22-23,26-29,36-39,44-47H2,1-2H3/p+2/b20-18+,21-19+,30-24+,31-25+. The number of allylic oxidation sites excluding steroid dienone is 6. The molecule has 0 atom stereocenters. The van der Waals surface area contributed by atoms with Gasteiger partial charge in [-0.25, -0.2) is 9.13 Å². The van der Waals surface area contributed by atoms with E-state index in [9.17, 15) is 26.4 Å². The Hall–Kier alpha value is -3.98. The number of pyridine rings is 2. The number of carbonyl (C=O) groups is 2. The molecule has 364 valence electrons. The number of amides is 2. The maximum atomic E-state index is 13.5. The van der Waals surface area contributed by atoms with Gasteiger partial charge in [-0.05, 0) is 49.7 Å². The lowest BCUT2D eigenvalue weighted by Crippen LogP contribution is -2.35. The molecule has 65 heavy (non-hydrogen) atoms. The van der Waals surface area contributed by atoms with Crippen molar-refractivity contribution in [1.82, 2.24) is 9.80 Å². The summed E-state index contributed by atoms with van der Waals surface area (Å²) < 4.78 is 66.4. The van der Waals surface area contributed by atoms with Crippen LogP contribution in [0.2, 0.25) is 0 Å². The molecule has 2 aromatic rings. The van der Waals surface area contributed by atoms with Crippen LogP contribution in [0.5, 0.6) is 0 Å². The van der Waals surface area contributed by atoms with Crippen molar-refractivity contribution in [3.05, 3.63) is 109 Å². The predicted molar refractivity (Wildman–Crippen MR) is 262 cm³/mol. The minimum atomic E-state index is -4.01. The topological polar surface area (TPSA) is 157 Å². The molecule has 2 aromatic heterocycles. The molecule has 0 spiro atoms. The number of nitrogens with zero attached hydrogens (tertiary/aromatic N) is 4. The van der Waals surface area contributed by atoms with E-state index in [1.54, 1.807) is 12.2 Å². The molecule has 0 fully saturated rings. The quantitative estimate of drug-likeness (QED) is 0.0222. The molecule has 0 saturated heterocycles. The normalized spacial score (nSPS) is 12.4. The van der Waals surface area contributed by atoms with Crippen molar-refractivity contribution in [3.63, 3.8) is 0 Å². The van der Waals surface area contributed by atoms with E-state index in [-0.39, 0.29) is 23.3 Å². The second kappa shape index (κ2) is 35.2. The van der Waals surface area contributed by atoms with Crippen LogP contribution in [0.1, 0.15) is 160 Å². The van der Waals surface area contributed by atoms with Gasteiger partial charge in [-0.2, -0.15) is 16.8 Å². The summed E-state index contributed by atoms with van der Waals surface area (Å²) in [6, 6.07) is 7.73. The third-order valence-electron chi connectivity index (χ3n) is 11.2. The molecular weight excluding hydrogens is 861 g/mol. The highest BCUT2D eigenvalue weighted by molar-refractivity contribution is 7.86. The van der Waals surface area contributed by atoms with Gasteiger partial charge in [0.1, 0.15) is 13.1 Å². The third-order valence-corrected chi connectivity index (χ3v) is 12.8. The Kier molecular flexibility index (Phi) is 31.0. The fourth-order valence-electron chi connectivity index (χ4n) is 7.38. The first-order valence-electron chi connectivity index (χ1n) is 24.4. The first-order chi connectivity index (χ1) is 31.3. The van der Waals surface area contributed by atoms with Gasteiger partial charge in [-0.3, -0.25) is 18.7 Å². The minimum absolute atomic E-state index is 0.0670.